The normalized spacial score (nSPS) is 12.2. The van der Waals surface area contributed by atoms with E-state index in [1.807, 2.05) is 43.3 Å². The molecule has 0 aliphatic heterocycles. The smallest absolute Gasteiger partial charge is 0.317 e. The number of carbonyl (C=O) groups is 1. The number of H-pyrrole nitrogens is 1. The number of benzene rings is 1. The number of rotatable bonds is 6. The molecule has 0 saturated carbocycles. The summed E-state index contributed by atoms with van der Waals surface area (Å²) in [7, 11) is 1.78. The molecule has 3 rings (SSSR count). The summed E-state index contributed by atoms with van der Waals surface area (Å²) in [6, 6.07) is 11.6. The molecule has 0 fully saturated rings. The molecule has 2 aromatic heterocycles. The summed E-state index contributed by atoms with van der Waals surface area (Å²) in [5.41, 5.74) is 3.73. The third-order valence-electron chi connectivity index (χ3n) is 4.55. The van der Waals surface area contributed by atoms with Crippen molar-refractivity contribution in [1.29, 1.82) is 0 Å². The molecule has 3 aromatic rings. The Balaban J connectivity index is 1.63. The zero-order valence-corrected chi connectivity index (χ0v) is 16.7. The average Bonchev–Trinajstić information content (AvgIpc) is 3.35. The molecule has 7 nitrogen and oxygen atoms in total. The highest BCUT2D eigenvalue weighted by Gasteiger charge is 2.20. The molecule has 2 heterocycles. The van der Waals surface area contributed by atoms with Crippen molar-refractivity contribution < 1.29 is 4.79 Å². The molecule has 0 radical (unpaired) electrons. The van der Waals surface area contributed by atoms with Crippen molar-refractivity contribution in [2.45, 2.75) is 39.3 Å². The van der Waals surface area contributed by atoms with Crippen LogP contribution in [0.15, 0.2) is 36.4 Å². The molecule has 0 aliphatic carbocycles. The van der Waals surface area contributed by atoms with E-state index in [9.17, 15) is 4.79 Å². The lowest BCUT2D eigenvalue weighted by molar-refractivity contribution is 0.193. The quantitative estimate of drug-likeness (QED) is 0.673. The van der Waals surface area contributed by atoms with Gasteiger partial charge in [0.2, 0.25) is 0 Å². The van der Waals surface area contributed by atoms with E-state index < -0.39 is 0 Å². The topological polar surface area (TPSA) is 86.8 Å². The Hall–Kier alpha value is -2.74. The summed E-state index contributed by atoms with van der Waals surface area (Å²) in [5, 5.41) is 14.5. The molecule has 2 N–H and O–H groups in total. The first-order chi connectivity index (χ1) is 13.0. The van der Waals surface area contributed by atoms with E-state index in [0.29, 0.717) is 6.54 Å². The van der Waals surface area contributed by atoms with Crippen molar-refractivity contribution in [1.82, 2.24) is 30.0 Å². The van der Waals surface area contributed by atoms with Crippen molar-refractivity contribution in [3.8, 4) is 11.3 Å². The lowest BCUT2D eigenvalue weighted by Gasteiger charge is -2.24. The number of nitrogens with zero attached hydrogens (tertiary/aromatic N) is 4. The Labute approximate surface area is 163 Å². The Morgan fingerprint density at radius 1 is 1.26 bits per heavy atom. The van der Waals surface area contributed by atoms with Gasteiger partial charge in [-0.2, -0.15) is 5.10 Å². The van der Waals surface area contributed by atoms with Gasteiger partial charge in [-0.05, 0) is 30.4 Å². The average molecular weight is 385 g/mol. The summed E-state index contributed by atoms with van der Waals surface area (Å²) in [6.07, 6.45) is 0. The summed E-state index contributed by atoms with van der Waals surface area (Å²) in [5.74, 6) is 0.286. The van der Waals surface area contributed by atoms with Crippen LogP contribution < -0.4 is 5.32 Å². The van der Waals surface area contributed by atoms with Crippen LogP contribution in [0.25, 0.3) is 11.3 Å². The Bertz CT molecular complexity index is 889. The van der Waals surface area contributed by atoms with Crippen molar-refractivity contribution >= 4 is 17.6 Å². The second kappa shape index (κ2) is 8.30. The molecular formula is C19H24N6OS. The highest BCUT2D eigenvalue weighted by Crippen LogP contribution is 2.23. The minimum atomic E-state index is -0.151. The third-order valence-corrected chi connectivity index (χ3v) is 5.29. The SMILES string of the molecule is CC(C)c1nnsc1CNC(=O)N(C)[C@H](C)c1cc(-c2ccccc2)n[nH]1. The first kappa shape index (κ1) is 19.0. The second-order valence-corrected chi connectivity index (χ2v) is 7.59. The van der Waals surface area contributed by atoms with Crippen molar-refractivity contribution in [3.63, 3.8) is 0 Å². The first-order valence-corrected chi connectivity index (χ1v) is 9.67. The van der Waals surface area contributed by atoms with Gasteiger partial charge >= 0.3 is 6.03 Å². The van der Waals surface area contributed by atoms with E-state index in [2.05, 4.69) is 38.9 Å². The van der Waals surface area contributed by atoms with Gasteiger partial charge in [-0.1, -0.05) is 48.7 Å². The van der Waals surface area contributed by atoms with Gasteiger partial charge in [0.1, 0.15) is 0 Å². The highest BCUT2D eigenvalue weighted by molar-refractivity contribution is 7.05. The van der Waals surface area contributed by atoms with E-state index in [4.69, 9.17) is 0 Å². The summed E-state index contributed by atoms with van der Waals surface area (Å²) >= 11 is 1.33. The number of hydrogen-bond acceptors (Lipinski definition) is 5. The molecule has 2 amide bonds. The predicted octanol–water partition coefficient (Wildman–Crippen LogP) is 3.95. The molecule has 0 spiro atoms. The van der Waals surface area contributed by atoms with Crippen LogP contribution in [0.4, 0.5) is 4.79 Å². The molecule has 8 heteroatoms. The Morgan fingerprint density at radius 3 is 2.70 bits per heavy atom. The molecule has 0 aliphatic rings. The largest absolute Gasteiger partial charge is 0.333 e. The lowest BCUT2D eigenvalue weighted by atomic mass is 10.1. The fourth-order valence-electron chi connectivity index (χ4n) is 2.75. The van der Waals surface area contributed by atoms with Gasteiger partial charge in [0, 0.05) is 12.6 Å². The molecular weight excluding hydrogens is 360 g/mol. The van der Waals surface area contributed by atoms with Crippen LogP contribution in [0.3, 0.4) is 0 Å². The molecule has 1 aromatic carbocycles. The zero-order chi connectivity index (χ0) is 19.4. The van der Waals surface area contributed by atoms with Crippen molar-refractivity contribution in [3.05, 3.63) is 52.7 Å². The maximum atomic E-state index is 12.6. The monoisotopic (exact) mass is 384 g/mol. The number of aromatic amines is 1. The number of aromatic nitrogens is 4. The van der Waals surface area contributed by atoms with Crippen LogP contribution in [0.5, 0.6) is 0 Å². The number of nitrogens with one attached hydrogen (secondary N) is 2. The summed E-state index contributed by atoms with van der Waals surface area (Å²) in [6.45, 7) is 6.53. The van der Waals surface area contributed by atoms with Crippen molar-refractivity contribution in [2.24, 2.45) is 0 Å². The van der Waals surface area contributed by atoms with Crippen molar-refractivity contribution in [2.75, 3.05) is 7.05 Å². The molecule has 0 saturated heterocycles. The fourth-order valence-corrected chi connectivity index (χ4v) is 3.48. The Kier molecular flexibility index (Phi) is 5.85. The van der Waals surface area contributed by atoms with Gasteiger partial charge in [-0.3, -0.25) is 5.10 Å². The number of hydrogen-bond donors (Lipinski definition) is 2. The number of carbonyl (C=O) groups excluding carboxylic acids is 1. The lowest BCUT2D eigenvalue weighted by Crippen LogP contribution is -2.38. The molecule has 1 atom stereocenters. The van der Waals surface area contributed by atoms with Gasteiger partial charge in [0.15, 0.2) is 0 Å². The minimum absolute atomic E-state index is 0.140. The predicted molar refractivity (Wildman–Crippen MR) is 106 cm³/mol. The zero-order valence-electron chi connectivity index (χ0n) is 15.9. The third kappa shape index (κ3) is 4.33. The number of amides is 2. The van der Waals surface area contributed by atoms with E-state index in [1.54, 1.807) is 11.9 Å². The van der Waals surface area contributed by atoms with Gasteiger partial charge < -0.3 is 10.2 Å². The fraction of sp³-hybridized carbons (Fsp3) is 0.368. The minimum Gasteiger partial charge on any atom is -0.333 e. The van der Waals surface area contributed by atoms with Gasteiger partial charge in [0.25, 0.3) is 0 Å². The van der Waals surface area contributed by atoms with E-state index >= 15 is 0 Å². The van der Waals surface area contributed by atoms with Crippen LogP contribution in [0.2, 0.25) is 0 Å². The molecule has 142 valence electrons. The molecule has 0 unspecified atom stereocenters. The maximum Gasteiger partial charge on any atom is 0.317 e. The van der Waals surface area contributed by atoms with Crippen LogP contribution >= 0.6 is 11.5 Å². The molecule has 27 heavy (non-hydrogen) atoms. The van der Waals surface area contributed by atoms with E-state index in [0.717, 1.165) is 27.5 Å². The van der Waals surface area contributed by atoms with E-state index in [1.165, 1.54) is 11.5 Å². The van der Waals surface area contributed by atoms with Gasteiger partial charge in [0.05, 0.1) is 34.5 Å². The summed E-state index contributed by atoms with van der Waals surface area (Å²) < 4.78 is 3.99. The molecule has 0 bridgehead atoms. The van der Waals surface area contributed by atoms with Crippen LogP contribution in [-0.2, 0) is 6.54 Å². The Morgan fingerprint density at radius 2 is 2.00 bits per heavy atom. The number of urea groups is 1. The van der Waals surface area contributed by atoms with E-state index in [-0.39, 0.29) is 18.0 Å². The summed E-state index contributed by atoms with van der Waals surface area (Å²) in [4.78, 5) is 15.2. The van der Waals surface area contributed by atoms with Crippen LogP contribution in [0.1, 0.15) is 49.0 Å². The standard InChI is InChI=1S/C19H24N6OS/c1-12(2)18-17(27-24-23-18)11-20-19(26)25(4)13(3)15-10-16(22-21-15)14-8-6-5-7-9-14/h5-10,12-13H,11H2,1-4H3,(H,20,26)(H,21,22)/t13-/m1/s1. The van der Waals surface area contributed by atoms with Crippen LogP contribution in [0, 0.1) is 0 Å². The van der Waals surface area contributed by atoms with Gasteiger partial charge in [-0.15, -0.1) is 5.10 Å². The van der Waals surface area contributed by atoms with Crippen LogP contribution in [-0.4, -0.2) is 37.8 Å². The second-order valence-electron chi connectivity index (χ2n) is 6.76. The first-order valence-electron chi connectivity index (χ1n) is 8.90. The van der Waals surface area contributed by atoms with Gasteiger partial charge in [-0.25, -0.2) is 4.79 Å². The highest BCUT2D eigenvalue weighted by atomic mass is 32.1. The maximum absolute atomic E-state index is 12.6.